The molecule has 0 aliphatic carbocycles. The number of benzene rings is 1. The van der Waals surface area contributed by atoms with Crippen LogP contribution in [-0.4, -0.2) is 17.2 Å². The average molecular weight is 282 g/mol. The molecule has 0 radical (unpaired) electrons. The normalized spacial score (nSPS) is 14.5. The molecule has 1 nitrogen and oxygen atoms in total. The van der Waals surface area contributed by atoms with E-state index in [2.05, 4.69) is 0 Å². The van der Waals surface area contributed by atoms with E-state index in [1.807, 2.05) is 6.92 Å². The van der Waals surface area contributed by atoms with E-state index in [1.54, 1.807) is 12.1 Å². The van der Waals surface area contributed by atoms with Gasteiger partial charge in [-0.15, -0.1) is 0 Å². The Bertz CT molecular complexity index is 396. The van der Waals surface area contributed by atoms with E-state index in [0.717, 1.165) is 18.4 Å². The minimum absolute atomic E-state index is 0.0591. The highest BCUT2D eigenvalue weighted by atomic mass is 19.4. The van der Waals surface area contributed by atoms with Crippen LogP contribution in [0.3, 0.4) is 0 Å². The Kier molecular flexibility index (Phi) is 4.90. The van der Waals surface area contributed by atoms with Gasteiger partial charge in [-0.3, -0.25) is 0 Å². The van der Waals surface area contributed by atoms with Crippen molar-refractivity contribution in [2.24, 2.45) is 0 Å². The van der Waals surface area contributed by atoms with E-state index in [-0.39, 0.29) is 5.56 Å². The lowest BCUT2D eigenvalue weighted by atomic mass is 10.00. The third kappa shape index (κ3) is 4.16. The standard InChI is InChI=1S/C13H15F5O/c1-2-3-9-4-6-10(7-5-9)11(19)8-12(14,15)13(16,17)18/h4-7,11,19H,2-3,8H2,1H3. The fraction of sp³-hybridized carbons (Fsp3) is 0.538. The molecule has 0 heterocycles. The Labute approximate surface area is 108 Å². The molecule has 1 N–H and O–H groups in total. The number of hydrogen-bond donors (Lipinski definition) is 1. The van der Waals surface area contributed by atoms with Crippen molar-refractivity contribution in [2.45, 2.75) is 44.4 Å². The van der Waals surface area contributed by atoms with Crippen LogP contribution in [0.1, 0.15) is 37.0 Å². The molecule has 1 aromatic carbocycles. The van der Waals surface area contributed by atoms with Gasteiger partial charge in [0.2, 0.25) is 0 Å². The van der Waals surface area contributed by atoms with Gasteiger partial charge in [0.05, 0.1) is 12.5 Å². The first-order valence-electron chi connectivity index (χ1n) is 5.89. The molecule has 1 atom stereocenters. The van der Waals surface area contributed by atoms with E-state index in [9.17, 15) is 27.1 Å². The predicted octanol–water partition coefficient (Wildman–Crippen LogP) is 4.26. The second-order valence-electron chi connectivity index (χ2n) is 4.41. The molecule has 0 saturated heterocycles. The SMILES string of the molecule is CCCc1ccc(C(O)CC(F)(F)C(F)(F)F)cc1. The van der Waals surface area contributed by atoms with E-state index in [1.165, 1.54) is 12.1 Å². The van der Waals surface area contributed by atoms with Crippen LogP contribution in [0.15, 0.2) is 24.3 Å². The number of rotatable bonds is 5. The summed E-state index contributed by atoms with van der Waals surface area (Å²) in [6, 6.07) is 5.99. The van der Waals surface area contributed by atoms with Crippen LogP contribution in [-0.2, 0) is 6.42 Å². The van der Waals surface area contributed by atoms with Crippen LogP contribution in [0, 0.1) is 0 Å². The minimum Gasteiger partial charge on any atom is -0.388 e. The topological polar surface area (TPSA) is 20.2 Å². The lowest BCUT2D eigenvalue weighted by molar-refractivity contribution is -0.290. The maximum Gasteiger partial charge on any atom is 0.453 e. The zero-order chi connectivity index (χ0) is 14.7. The summed E-state index contributed by atoms with van der Waals surface area (Å²) in [6.45, 7) is 1.96. The summed E-state index contributed by atoms with van der Waals surface area (Å²) in [4.78, 5) is 0. The summed E-state index contributed by atoms with van der Waals surface area (Å²) < 4.78 is 61.6. The van der Waals surface area contributed by atoms with E-state index in [0.29, 0.717) is 0 Å². The molecule has 0 aromatic heterocycles. The number of halogens is 5. The number of alkyl halides is 5. The molecule has 6 heteroatoms. The Hall–Kier alpha value is -1.17. The first-order chi connectivity index (χ1) is 8.67. The van der Waals surface area contributed by atoms with Crippen LogP contribution >= 0.6 is 0 Å². The zero-order valence-electron chi connectivity index (χ0n) is 10.3. The van der Waals surface area contributed by atoms with Crippen molar-refractivity contribution in [2.75, 3.05) is 0 Å². The summed E-state index contributed by atoms with van der Waals surface area (Å²) in [5.74, 6) is -4.89. The van der Waals surface area contributed by atoms with Crippen LogP contribution < -0.4 is 0 Å². The second-order valence-corrected chi connectivity index (χ2v) is 4.41. The van der Waals surface area contributed by atoms with Gasteiger partial charge in [-0.2, -0.15) is 22.0 Å². The maximum absolute atomic E-state index is 12.8. The molecule has 1 unspecified atom stereocenters. The minimum atomic E-state index is -5.64. The third-order valence-electron chi connectivity index (χ3n) is 2.77. The van der Waals surface area contributed by atoms with Gasteiger partial charge in [0.15, 0.2) is 0 Å². The summed E-state index contributed by atoms with van der Waals surface area (Å²) in [7, 11) is 0. The fourth-order valence-electron chi connectivity index (χ4n) is 1.67. The van der Waals surface area contributed by atoms with Gasteiger partial charge in [0, 0.05) is 0 Å². The molecule has 0 fully saturated rings. The summed E-state index contributed by atoms with van der Waals surface area (Å²) in [6.07, 6.45) is -7.46. The summed E-state index contributed by atoms with van der Waals surface area (Å²) >= 11 is 0. The highest BCUT2D eigenvalue weighted by molar-refractivity contribution is 5.24. The molecule has 0 aliphatic heterocycles. The van der Waals surface area contributed by atoms with Crippen LogP contribution in [0.2, 0.25) is 0 Å². The summed E-state index contributed by atoms with van der Waals surface area (Å²) in [5.41, 5.74) is 1.00. The second kappa shape index (κ2) is 5.86. The van der Waals surface area contributed by atoms with Crippen molar-refractivity contribution in [1.82, 2.24) is 0 Å². The van der Waals surface area contributed by atoms with Gasteiger partial charge in [-0.25, -0.2) is 0 Å². The van der Waals surface area contributed by atoms with Crippen LogP contribution in [0.4, 0.5) is 22.0 Å². The molecule has 0 aliphatic rings. The molecule has 0 amide bonds. The van der Waals surface area contributed by atoms with Gasteiger partial charge < -0.3 is 5.11 Å². The molecular weight excluding hydrogens is 267 g/mol. The predicted molar refractivity (Wildman–Crippen MR) is 61.0 cm³/mol. The molecule has 19 heavy (non-hydrogen) atoms. The molecule has 108 valence electrons. The molecule has 1 rings (SSSR count). The summed E-state index contributed by atoms with van der Waals surface area (Å²) in [5, 5.41) is 9.46. The molecule has 0 saturated carbocycles. The Morgan fingerprint density at radius 2 is 1.58 bits per heavy atom. The lowest BCUT2D eigenvalue weighted by Gasteiger charge is -2.22. The molecular formula is C13H15F5O. The van der Waals surface area contributed by atoms with Gasteiger partial charge in [0.25, 0.3) is 0 Å². The van der Waals surface area contributed by atoms with Crippen LogP contribution in [0.5, 0.6) is 0 Å². The fourth-order valence-corrected chi connectivity index (χ4v) is 1.67. The number of aryl methyl sites for hydroxylation is 1. The largest absolute Gasteiger partial charge is 0.453 e. The van der Waals surface area contributed by atoms with Gasteiger partial charge in [-0.1, -0.05) is 37.6 Å². The third-order valence-corrected chi connectivity index (χ3v) is 2.77. The highest BCUT2D eigenvalue weighted by Gasteiger charge is 2.58. The first-order valence-corrected chi connectivity index (χ1v) is 5.89. The van der Waals surface area contributed by atoms with Crippen molar-refractivity contribution in [3.63, 3.8) is 0 Å². The zero-order valence-corrected chi connectivity index (χ0v) is 10.3. The van der Waals surface area contributed by atoms with E-state index >= 15 is 0 Å². The smallest absolute Gasteiger partial charge is 0.388 e. The number of aliphatic hydroxyl groups is 1. The van der Waals surface area contributed by atoms with Gasteiger partial charge in [-0.05, 0) is 17.5 Å². The monoisotopic (exact) mass is 282 g/mol. The quantitative estimate of drug-likeness (QED) is 0.800. The number of aliphatic hydroxyl groups excluding tert-OH is 1. The average Bonchev–Trinajstić information content (AvgIpc) is 2.28. The van der Waals surface area contributed by atoms with Gasteiger partial charge in [0.1, 0.15) is 0 Å². The van der Waals surface area contributed by atoms with E-state index < -0.39 is 24.6 Å². The van der Waals surface area contributed by atoms with Crippen molar-refractivity contribution in [1.29, 1.82) is 0 Å². The van der Waals surface area contributed by atoms with Crippen molar-refractivity contribution < 1.29 is 27.1 Å². The van der Waals surface area contributed by atoms with Crippen LogP contribution in [0.25, 0.3) is 0 Å². The Morgan fingerprint density at radius 3 is 2.00 bits per heavy atom. The highest BCUT2D eigenvalue weighted by Crippen LogP contribution is 2.41. The van der Waals surface area contributed by atoms with Crippen molar-refractivity contribution in [3.05, 3.63) is 35.4 Å². The molecule has 0 bridgehead atoms. The Balaban J connectivity index is 2.75. The lowest BCUT2D eigenvalue weighted by Crippen LogP contribution is -2.37. The van der Waals surface area contributed by atoms with Gasteiger partial charge >= 0.3 is 12.1 Å². The Morgan fingerprint density at radius 1 is 1.05 bits per heavy atom. The first kappa shape index (κ1) is 15.9. The van der Waals surface area contributed by atoms with E-state index in [4.69, 9.17) is 0 Å². The molecule has 0 spiro atoms. The van der Waals surface area contributed by atoms with Crippen molar-refractivity contribution in [3.8, 4) is 0 Å². The number of hydrogen-bond acceptors (Lipinski definition) is 1. The maximum atomic E-state index is 12.8. The molecule has 1 aromatic rings. The van der Waals surface area contributed by atoms with Crippen molar-refractivity contribution >= 4 is 0 Å².